The molecule has 1 saturated carbocycles. The van der Waals surface area contributed by atoms with Crippen LogP contribution in [-0.4, -0.2) is 9.55 Å². The van der Waals surface area contributed by atoms with E-state index in [0.29, 0.717) is 5.88 Å². The van der Waals surface area contributed by atoms with Gasteiger partial charge < -0.3 is 4.57 Å². The van der Waals surface area contributed by atoms with E-state index in [1.165, 1.54) is 30.3 Å². The third-order valence-corrected chi connectivity index (χ3v) is 4.29. The lowest BCUT2D eigenvalue weighted by Gasteiger charge is -2.41. The van der Waals surface area contributed by atoms with Gasteiger partial charge in [-0.3, -0.25) is 0 Å². The SMILES string of the molecule is Cc1cccc2c1nc(CCl)n2C1(C)CCC1. The number of halogens is 1. The Bertz CT molecular complexity index is 567. The lowest BCUT2D eigenvalue weighted by molar-refractivity contribution is 0.171. The summed E-state index contributed by atoms with van der Waals surface area (Å²) in [5.74, 6) is 1.50. The summed E-state index contributed by atoms with van der Waals surface area (Å²) < 4.78 is 2.37. The number of aryl methyl sites for hydroxylation is 1. The molecule has 1 aromatic carbocycles. The van der Waals surface area contributed by atoms with E-state index in [1.54, 1.807) is 0 Å². The Morgan fingerprint density at radius 1 is 1.41 bits per heavy atom. The second kappa shape index (κ2) is 3.74. The number of alkyl halides is 1. The van der Waals surface area contributed by atoms with Crippen molar-refractivity contribution in [2.45, 2.75) is 44.5 Å². The molecule has 0 amide bonds. The van der Waals surface area contributed by atoms with Crippen LogP contribution >= 0.6 is 11.6 Å². The minimum atomic E-state index is 0.229. The second-order valence-corrected chi connectivity index (χ2v) is 5.56. The van der Waals surface area contributed by atoms with E-state index in [1.807, 2.05) is 0 Å². The van der Waals surface area contributed by atoms with Crippen LogP contribution in [0.2, 0.25) is 0 Å². The quantitative estimate of drug-likeness (QED) is 0.735. The van der Waals surface area contributed by atoms with Crippen LogP contribution in [0.1, 0.15) is 37.6 Å². The lowest BCUT2D eigenvalue weighted by atomic mass is 9.78. The summed E-state index contributed by atoms with van der Waals surface area (Å²) in [6, 6.07) is 6.38. The molecule has 1 aliphatic carbocycles. The lowest BCUT2D eigenvalue weighted by Crippen LogP contribution is -2.38. The van der Waals surface area contributed by atoms with E-state index in [2.05, 4.69) is 36.6 Å². The zero-order valence-electron chi connectivity index (χ0n) is 10.3. The first-order valence-electron chi connectivity index (χ1n) is 6.19. The normalized spacial score (nSPS) is 18.3. The standard InChI is InChI=1S/C14H17ClN2/c1-10-5-3-6-11-13(10)16-12(9-15)17(11)14(2)7-4-8-14/h3,5-6H,4,7-9H2,1-2H3. The molecule has 1 aromatic heterocycles. The molecule has 0 unspecified atom stereocenters. The van der Waals surface area contributed by atoms with Gasteiger partial charge in [0.05, 0.1) is 16.9 Å². The number of para-hydroxylation sites is 1. The largest absolute Gasteiger partial charge is 0.321 e. The molecular weight excluding hydrogens is 232 g/mol. The average molecular weight is 249 g/mol. The average Bonchev–Trinajstić information content (AvgIpc) is 2.66. The Hall–Kier alpha value is -1.02. The molecule has 3 rings (SSSR count). The fraction of sp³-hybridized carbons (Fsp3) is 0.500. The van der Waals surface area contributed by atoms with E-state index in [4.69, 9.17) is 16.6 Å². The van der Waals surface area contributed by atoms with E-state index >= 15 is 0 Å². The van der Waals surface area contributed by atoms with Crippen molar-refractivity contribution >= 4 is 22.6 Å². The molecule has 0 atom stereocenters. The first-order valence-corrected chi connectivity index (χ1v) is 6.72. The molecule has 1 aliphatic rings. The highest BCUT2D eigenvalue weighted by Crippen LogP contribution is 2.42. The van der Waals surface area contributed by atoms with E-state index in [-0.39, 0.29) is 5.54 Å². The summed E-state index contributed by atoms with van der Waals surface area (Å²) in [7, 11) is 0. The fourth-order valence-corrected chi connectivity index (χ4v) is 3.07. The van der Waals surface area contributed by atoms with Crippen molar-refractivity contribution in [1.29, 1.82) is 0 Å². The number of hydrogen-bond donors (Lipinski definition) is 0. The highest BCUT2D eigenvalue weighted by Gasteiger charge is 2.36. The minimum absolute atomic E-state index is 0.229. The molecule has 17 heavy (non-hydrogen) atoms. The summed E-state index contributed by atoms with van der Waals surface area (Å²) in [4.78, 5) is 4.71. The van der Waals surface area contributed by atoms with Crippen molar-refractivity contribution in [2.24, 2.45) is 0 Å². The van der Waals surface area contributed by atoms with Crippen LogP contribution in [-0.2, 0) is 11.4 Å². The molecule has 0 saturated heterocycles. The van der Waals surface area contributed by atoms with Crippen LogP contribution in [0.3, 0.4) is 0 Å². The number of nitrogens with zero attached hydrogens (tertiary/aromatic N) is 2. The van der Waals surface area contributed by atoms with Gasteiger partial charge in [-0.05, 0) is 44.7 Å². The molecule has 2 nitrogen and oxygen atoms in total. The van der Waals surface area contributed by atoms with Gasteiger partial charge in [0.1, 0.15) is 5.82 Å². The third kappa shape index (κ3) is 1.50. The number of benzene rings is 1. The van der Waals surface area contributed by atoms with Gasteiger partial charge in [0.2, 0.25) is 0 Å². The maximum absolute atomic E-state index is 6.06. The Labute approximate surface area is 107 Å². The minimum Gasteiger partial charge on any atom is -0.321 e. The molecule has 0 spiro atoms. The van der Waals surface area contributed by atoms with Gasteiger partial charge in [0, 0.05) is 5.54 Å². The number of aromatic nitrogens is 2. The first kappa shape index (κ1) is 11.1. The topological polar surface area (TPSA) is 17.8 Å². The molecule has 0 aliphatic heterocycles. The van der Waals surface area contributed by atoms with Crippen molar-refractivity contribution in [2.75, 3.05) is 0 Å². The molecule has 0 bridgehead atoms. The van der Waals surface area contributed by atoms with Crippen molar-refractivity contribution in [3.8, 4) is 0 Å². The van der Waals surface area contributed by atoms with Crippen LogP contribution in [0.15, 0.2) is 18.2 Å². The molecule has 90 valence electrons. The van der Waals surface area contributed by atoms with Crippen molar-refractivity contribution < 1.29 is 0 Å². The summed E-state index contributed by atoms with van der Waals surface area (Å²) >= 11 is 6.06. The zero-order chi connectivity index (χ0) is 12.0. The van der Waals surface area contributed by atoms with Crippen LogP contribution in [0.5, 0.6) is 0 Å². The van der Waals surface area contributed by atoms with Crippen LogP contribution in [0.25, 0.3) is 11.0 Å². The van der Waals surface area contributed by atoms with Crippen LogP contribution < -0.4 is 0 Å². The smallest absolute Gasteiger partial charge is 0.125 e. The maximum atomic E-state index is 6.06. The van der Waals surface area contributed by atoms with E-state index < -0.39 is 0 Å². The third-order valence-electron chi connectivity index (χ3n) is 4.05. The highest BCUT2D eigenvalue weighted by molar-refractivity contribution is 6.16. The summed E-state index contributed by atoms with van der Waals surface area (Å²) in [6.45, 7) is 4.43. The van der Waals surface area contributed by atoms with Gasteiger partial charge in [-0.2, -0.15) is 0 Å². The fourth-order valence-electron chi connectivity index (χ4n) is 2.89. The molecule has 1 heterocycles. The number of rotatable bonds is 2. The molecule has 1 fully saturated rings. The Balaban J connectivity index is 2.31. The second-order valence-electron chi connectivity index (χ2n) is 5.29. The van der Waals surface area contributed by atoms with Gasteiger partial charge in [-0.1, -0.05) is 12.1 Å². The van der Waals surface area contributed by atoms with Crippen molar-refractivity contribution in [1.82, 2.24) is 9.55 Å². The highest BCUT2D eigenvalue weighted by atomic mass is 35.5. The summed E-state index contributed by atoms with van der Waals surface area (Å²) in [5, 5.41) is 0. The molecule has 0 radical (unpaired) electrons. The van der Waals surface area contributed by atoms with Gasteiger partial charge >= 0.3 is 0 Å². The maximum Gasteiger partial charge on any atom is 0.125 e. The van der Waals surface area contributed by atoms with Gasteiger partial charge in [-0.15, -0.1) is 11.6 Å². The first-order chi connectivity index (χ1) is 8.15. The summed E-state index contributed by atoms with van der Waals surface area (Å²) in [6.07, 6.45) is 3.77. The van der Waals surface area contributed by atoms with Gasteiger partial charge in [0.25, 0.3) is 0 Å². The molecular formula is C14H17ClN2. The zero-order valence-corrected chi connectivity index (χ0v) is 11.1. The molecule has 3 heteroatoms. The van der Waals surface area contributed by atoms with Crippen molar-refractivity contribution in [3.63, 3.8) is 0 Å². The predicted molar refractivity (Wildman–Crippen MR) is 71.5 cm³/mol. The Morgan fingerprint density at radius 2 is 2.18 bits per heavy atom. The Kier molecular flexibility index (Phi) is 2.44. The van der Waals surface area contributed by atoms with Crippen LogP contribution in [0, 0.1) is 6.92 Å². The van der Waals surface area contributed by atoms with Crippen LogP contribution in [0.4, 0.5) is 0 Å². The predicted octanol–water partition coefficient (Wildman–Crippen LogP) is 3.98. The summed E-state index contributed by atoms with van der Waals surface area (Å²) in [5.41, 5.74) is 3.81. The van der Waals surface area contributed by atoms with Gasteiger partial charge in [-0.25, -0.2) is 4.98 Å². The monoisotopic (exact) mass is 248 g/mol. The molecule has 2 aromatic rings. The van der Waals surface area contributed by atoms with Crippen molar-refractivity contribution in [3.05, 3.63) is 29.6 Å². The Morgan fingerprint density at radius 3 is 2.76 bits per heavy atom. The number of imidazole rings is 1. The van der Waals surface area contributed by atoms with E-state index in [0.717, 1.165) is 11.3 Å². The number of fused-ring (bicyclic) bond motifs is 1. The van der Waals surface area contributed by atoms with E-state index in [9.17, 15) is 0 Å². The van der Waals surface area contributed by atoms with Gasteiger partial charge in [0.15, 0.2) is 0 Å². The number of hydrogen-bond acceptors (Lipinski definition) is 1. The molecule has 0 N–H and O–H groups in total.